The second kappa shape index (κ2) is 8.97. The van der Waals surface area contributed by atoms with Gasteiger partial charge in [-0.15, -0.1) is 0 Å². The molecule has 1 aliphatic carbocycles. The van der Waals surface area contributed by atoms with Crippen LogP contribution in [0, 0.1) is 6.92 Å². The van der Waals surface area contributed by atoms with Crippen LogP contribution in [0.2, 0.25) is 0 Å². The van der Waals surface area contributed by atoms with Gasteiger partial charge in [0.25, 0.3) is 11.8 Å². The highest BCUT2D eigenvalue weighted by Crippen LogP contribution is 2.38. The molecule has 1 fully saturated rings. The number of carbonyl (C=O) groups excluding carboxylic acids is 1. The lowest BCUT2D eigenvalue weighted by atomic mass is 9.87. The van der Waals surface area contributed by atoms with Crippen molar-refractivity contribution < 1.29 is 13.6 Å². The number of amides is 1. The first-order chi connectivity index (χ1) is 14.8. The molecule has 0 aliphatic heterocycles. The van der Waals surface area contributed by atoms with Crippen LogP contribution < -0.4 is 5.32 Å². The minimum absolute atomic E-state index is 0.113. The molecule has 1 aromatic heterocycles. The van der Waals surface area contributed by atoms with Crippen LogP contribution in [0.15, 0.2) is 30.3 Å². The van der Waals surface area contributed by atoms with Crippen LogP contribution in [0.4, 0.5) is 14.5 Å². The number of benzene rings is 1. The second-order valence-corrected chi connectivity index (χ2v) is 10.5. The zero-order valence-corrected chi connectivity index (χ0v) is 20.4. The summed E-state index contributed by atoms with van der Waals surface area (Å²) in [5.41, 5.74) is 2.84. The summed E-state index contributed by atoms with van der Waals surface area (Å²) in [6.45, 7) is 9.35. The van der Waals surface area contributed by atoms with Gasteiger partial charge in [0.1, 0.15) is 0 Å². The second-order valence-electron chi connectivity index (χ2n) is 10.5. The highest BCUT2D eigenvalue weighted by molar-refractivity contribution is 6.05. The fraction of sp³-hybridized carbons (Fsp3) is 0.577. The zero-order chi connectivity index (χ0) is 23.8. The third-order valence-electron chi connectivity index (χ3n) is 6.69. The van der Waals surface area contributed by atoms with Gasteiger partial charge in [0.05, 0.1) is 5.56 Å². The lowest BCUT2D eigenvalue weighted by Gasteiger charge is -2.36. The highest BCUT2D eigenvalue weighted by atomic mass is 19.3. The number of hydrogen-bond donors (Lipinski definition) is 1. The maximum Gasteiger partial charge on any atom is 0.270 e. The van der Waals surface area contributed by atoms with Crippen molar-refractivity contribution in [3.63, 3.8) is 0 Å². The molecule has 0 radical (unpaired) electrons. The van der Waals surface area contributed by atoms with Gasteiger partial charge in [-0.3, -0.25) is 4.79 Å². The Kier molecular flexibility index (Phi) is 6.85. The van der Waals surface area contributed by atoms with Crippen LogP contribution in [-0.4, -0.2) is 35.5 Å². The summed E-state index contributed by atoms with van der Waals surface area (Å²) in [4.78, 5) is 15.5. The Morgan fingerprint density at radius 1 is 1.06 bits per heavy atom. The summed E-state index contributed by atoms with van der Waals surface area (Å²) in [5.74, 6) is -3.21. The first-order valence-corrected chi connectivity index (χ1v) is 11.5. The molecule has 1 aromatic carbocycles. The molecule has 3 rings (SSSR count). The molecule has 4 nitrogen and oxygen atoms in total. The van der Waals surface area contributed by atoms with Gasteiger partial charge in [0, 0.05) is 47.1 Å². The molecule has 176 valence electrons. The zero-order valence-electron chi connectivity index (χ0n) is 20.4. The molecule has 1 N–H and O–H groups in total. The molecule has 1 saturated carbocycles. The van der Waals surface area contributed by atoms with Gasteiger partial charge in [0.15, 0.2) is 0 Å². The van der Waals surface area contributed by atoms with Crippen molar-refractivity contribution in [1.29, 1.82) is 0 Å². The average molecular weight is 446 g/mol. The standard InChI is InChI=1S/C26H37F2N3O/c1-17-22(24(32)29-19-10-8-9-18(15-19)26(5,27)28)16-23(25(2,3)4)31(17)21-13-11-20(12-14-21)30(6)7/h8-10,15-16,20-21H,11-14H2,1-7H3,(H,29,32)/t20-,21+. The number of nitrogens with one attached hydrogen (secondary N) is 1. The van der Waals surface area contributed by atoms with E-state index in [1.807, 2.05) is 13.0 Å². The van der Waals surface area contributed by atoms with E-state index in [0.717, 1.165) is 44.0 Å². The van der Waals surface area contributed by atoms with Crippen LogP contribution in [0.3, 0.4) is 0 Å². The van der Waals surface area contributed by atoms with Gasteiger partial charge < -0.3 is 14.8 Å². The number of alkyl halides is 2. The van der Waals surface area contributed by atoms with E-state index in [9.17, 15) is 13.6 Å². The molecule has 0 bridgehead atoms. The molecule has 6 heteroatoms. The van der Waals surface area contributed by atoms with E-state index in [1.165, 1.54) is 12.1 Å². The quantitative estimate of drug-likeness (QED) is 0.570. The molecule has 0 spiro atoms. The predicted octanol–water partition coefficient (Wildman–Crippen LogP) is 6.50. The summed E-state index contributed by atoms with van der Waals surface area (Å²) >= 11 is 0. The van der Waals surface area contributed by atoms with Gasteiger partial charge in [-0.25, -0.2) is 8.78 Å². The van der Waals surface area contributed by atoms with Crippen molar-refractivity contribution in [1.82, 2.24) is 9.47 Å². The molecule has 32 heavy (non-hydrogen) atoms. The summed E-state index contributed by atoms with van der Waals surface area (Å²) in [6, 6.07) is 8.87. The molecule has 0 atom stereocenters. The molecular weight excluding hydrogens is 408 g/mol. The Bertz CT molecular complexity index is 958. The molecule has 0 unspecified atom stereocenters. The fourth-order valence-electron chi connectivity index (χ4n) is 4.80. The van der Waals surface area contributed by atoms with Crippen molar-refractivity contribution in [3.8, 4) is 0 Å². The number of hydrogen-bond acceptors (Lipinski definition) is 2. The van der Waals surface area contributed by atoms with Crippen LogP contribution in [0.1, 0.15) is 86.7 Å². The maximum absolute atomic E-state index is 13.7. The van der Waals surface area contributed by atoms with Crippen LogP contribution in [0.25, 0.3) is 0 Å². The minimum Gasteiger partial charge on any atom is -0.345 e. The van der Waals surface area contributed by atoms with Gasteiger partial charge in [0.2, 0.25) is 0 Å². The smallest absolute Gasteiger partial charge is 0.270 e. The summed E-state index contributed by atoms with van der Waals surface area (Å²) in [5, 5.41) is 2.84. The number of halogens is 2. The number of nitrogens with zero attached hydrogens (tertiary/aromatic N) is 2. The van der Waals surface area contributed by atoms with Crippen LogP contribution in [0.5, 0.6) is 0 Å². The normalized spacial score (nSPS) is 19.9. The lowest BCUT2D eigenvalue weighted by Crippen LogP contribution is -2.34. The summed E-state index contributed by atoms with van der Waals surface area (Å²) in [6.07, 6.45) is 4.43. The van der Waals surface area contributed by atoms with E-state index in [-0.39, 0.29) is 16.9 Å². The lowest BCUT2D eigenvalue weighted by molar-refractivity contribution is 0.0175. The number of anilines is 1. The average Bonchev–Trinajstić information content (AvgIpc) is 3.05. The van der Waals surface area contributed by atoms with Crippen LogP contribution in [-0.2, 0) is 11.3 Å². The highest BCUT2D eigenvalue weighted by Gasteiger charge is 2.31. The monoisotopic (exact) mass is 445 g/mol. The first kappa shape index (κ1) is 24.4. The van der Waals surface area contributed by atoms with E-state index in [2.05, 4.69) is 49.7 Å². The van der Waals surface area contributed by atoms with E-state index in [1.54, 1.807) is 12.1 Å². The fourth-order valence-corrected chi connectivity index (χ4v) is 4.80. The first-order valence-electron chi connectivity index (χ1n) is 11.5. The summed E-state index contributed by atoms with van der Waals surface area (Å²) < 4.78 is 29.8. The molecule has 2 aromatic rings. The number of aromatic nitrogens is 1. The van der Waals surface area contributed by atoms with E-state index >= 15 is 0 Å². The molecule has 0 saturated heterocycles. The Labute approximate surface area is 191 Å². The van der Waals surface area contributed by atoms with Crippen LogP contribution >= 0.6 is 0 Å². The van der Waals surface area contributed by atoms with Crippen molar-refractivity contribution >= 4 is 11.6 Å². The Morgan fingerprint density at radius 3 is 2.22 bits per heavy atom. The molecule has 1 amide bonds. The SMILES string of the molecule is Cc1c(C(=O)Nc2cccc(C(C)(F)F)c2)cc(C(C)(C)C)n1[C@H]1CC[C@@H](N(C)C)CC1. The molecular formula is C26H37F2N3O. The molecule has 1 heterocycles. The van der Waals surface area contributed by atoms with Crippen molar-refractivity contribution in [2.45, 2.75) is 83.7 Å². The molecule has 1 aliphatic rings. The Morgan fingerprint density at radius 2 is 1.69 bits per heavy atom. The van der Waals surface area contributed by atoms with Gasteiger partial charge in [-0.2, -0.15) is 0 Å². The van der Waals surface area contributed by atoms with Gasteiger partial charge >= 0.3 is 0 Å². The van der Waals surface area contributed by atoms with Gasteiger partial charge in [-0.1, -0.05) is 32.9 Å². The largest absolute Gasteiger partial charge is 0.345 e. The van der Waals surface area contributed by atoms with Crippen molar-refractivity contribution in [2.75, 3.05) is 19.4 Å². The van der Waals surface area contributed by atoms with Crippen molar-refractivity contribution in [2.24, 2.45) is 0 Å². The van der Waals surface area contributed by atoms with E-state index < -0.39 is 5.92 Å². The van der Waals surface area contributed by atoms with E-state index in [0.29, 0.717) is 23.3 Å². The number of carbonyl (C=O) groups is 1. The summed E-state index contributed by atoms with van der Waals surface area (Å²) in [7, 11) is 4.27. The maximum atomic E-state index is 13.7. The topological polar surface area (TPSA) is 37.3 Å². The Balaban J connectivity index is 1.90. The van der Waals surface area contributed by atoms with Crippen molar-refractivity contribution in [3.05, 3.63) is 52.8 Å². The number of rotatable bonds is 5. The third kappa shape index (κ3) is 5.22. The predicted molar refractivity (Wildman–Crippen MR) is 127 cm³/mol. The van der Waals surface area contributed by atoms with Gasteiger partial charge in [-0.05, 0) is 64.9 Å². The third-order valence-corrected chi connectivity index (χ3v) is 6.69. The Hall–Kier alpha value is -2.21. The minimum atomic E-state index is -2.95. The van der Waals surface area contributed by atoms with E-state index in [4.69, 9.17) is 0 Å².